The Labute approximate surface area is 120 Å². The van der Waals surface area contributed by atoms with Crippen molar-refractivity contribution in [3.63, 3.8) is 0 Å². The average Bonchev–Trinajstić information content (AvgIpc) is 2.39. The number of halogens is 1. The van der Waals surface area contributed by atoms with Gasteiger partial charge in [0, 0.05) is 11.3 Å². The molecule has 0 amide bonds. The van der Waals surface area contributed by atoms with Gasteiger partial charge in [-0.15, -0.1) is 0 Å². The molecule has 0 radical (unpaired) electrons. The number of hydrogen-bond acceptors (Lipinski definition) is 6. The summed E-state index contributed by atoms with van der Waals surface area (Å²) in [5, 5.41) is 14.6. The van der Waals surface area contributed by atoms with Gasteiger partial charge in [0.25, 0.3) is 0 Å². The molecule has 1 aromatic rings. The molecule has 1 N–H and O–H groups in total. The third-order valence-corrected chi connectivity index (χ3v) is 4.62. The lowest BCUT2D eigenvalue weighted by molar-refractivity contribution is -0.384. The molecule has 2 atom stereocenters. The minimum Gasteiger partial charge on any atom is -0.360 e. The molecule has 1 aliphatic rings. The highest BCUT2D eigenvalue weighted by Gasteiger charge is 2.27. The minimum absolute atomic E-state index is 0.0182. The van der Waals surface area contributed by atoms with Gasteiger partial charge in [-0.3, -0.25) is 10.1 Å². The molecule has 0 aromatic carbocycles. The summed E-state index contributed by atoms with van der Waals surface area (Å²) in [6, 6.07) is 0.188. The topological polar surface area (TPSA) is 81.0 Å². The first-order valence-corrected chi connectivity index (χ1v) is 7.74. The first kappa shape index (κ1) is 14.3. The van der Waals surface area contributed by atoms with Crippen molar-refractivity contribution in [2.24, 2.45) is 0 Å². The number of hydrogen-bond donors (Lipinski definition) is 1. The van der Waals surface area contributed by atoms with Crippen LogP contribution in [0.2, 0.25) is 5.28 Å². The van der Waals surface area contributed by atoms with Crippen LogP contribution in [0, 0.1) is 10.1 Å². The second-order valence-corrected chi connectivity index (χ2v) is 5.85. The number of nitrogens with one attached hydrogen (secondary N) is 1. The van der Waals surface area contributed by atoms with E-state index in [2.05, 4.69) is 21.5 Å². The predicted octanol–water partition coefficient (Wildman–Crippen LogP) is 3.12. The molecule has 1 fully saturated rings. The van der Waals surface area contributed by atoms with Gasteiger partial charge in [0.2, 0.25) is 11.1 Å². The summed E-state index contributed by atoms with van der Waals surface area (Å²) < 4.78 is 0. The summed E-state index contributed by atoms with van der Waals surface area (Å²) >= 11 is 7.50. The summed E-state index contributed by atoms with van der Waals surface area (Å²) in [4.78, 5) is 18.1. The second kappa shape index (κ2) is 6.38. The number of aromatic nitrogens is 2. The summed E-state index contributed by atoms with van der Waals surface area (Å²) in [6.07, 6.45) is 7.65. The van der Waals surface area contributed by atoms with Crippen molar-refractivity contribution in [2.45, 2.75) is 37.0 Å². The number of nitro groups is 1. The van der Waals surface area contributed by atoms with E-state index >= 15 is 0 Å². The van der Waals surface area contributed by atoms with Crippen LogP contribution in [0.1, 0.15) is 25.7 Å². The van der Waals surface area contributed by atoms with Crippen molar-refractivity contribution >= 4 is 34.9 Å². The van der Waals surface area contributed by atoms with Crippen molar-refractivity contribution in [3.05, 3.63) is 21.6 Å². The quantitative estimate of drug-likeness (QED) is 0.523. The molecule has 1 saturated carbocycles. The van der Waals surface area contributed by atoms with Crippen molar-refractivity contribution in [3.8, 4) is 0 Å². The fourth-order valence-electron chi connectivity index (χ4n) is 2.31. The van der Waals surface area contributed by atoms with Crippen molar-refractivity contribution in [1.82, 2.24) is 9.97 Å². The first-order valence-electron chi connectivity index (χ1n) is 6.08. The Bertz CT molecular complexity index is 474. The fraction of sp³-hybridized carbons (Fsp3) is 0.636. The molecule has 19 heavy (non-hydrogen) atoms. The highest BCUT2D eigenvalue weighted by molar-refractivity contribution is 7.99. The Morgan fingerprint density at radius 3 is 2.95 bits per heavy atom. The van der Waals surface area contributed by atoms with Crippen molar-refractivity contribution < 1.29 is 4.92 Å². The average molecular weight is 303 g/mol. The van der Waals surface area contributed by atoms with Crippen molar-refractivity contribution in [1.29, 1.82) is 0 Å². The number of anilines is 1. The fourth-order valence-corrected chi connectivity index (χ4v) is 3.38. The SMILES string of the molecule is CSC1CCCCC1Nc1nc(Cl)ncc1[N+](=O)[O-]. The van der Waals surface area contributed by atoms with E-state index in [1.165, 1.54) is 6.42 Å². The molecule has 1 aliphatic carbocycles. The third kappa shape index (κ3) is 3.48. The number of thioether (sulfide) groups is 1. The lowest BCUT2D eigenvalue weighted by atomic mass is 9.95. The monoisotopic (exact) mass is 302 g/mol. The zero-order chi connectivity index (χ0) is 13.8. The van der Waals surface area contributed by atoms with E-state index in [9.17, 15) is 10.1 Å². The maximum Gasteiger partial charge on any atom is 0.329 e. The van der Waals surface area contributed by atoms with Crippen LogP contribution in [0.5, 0.6) is 0 Å². The smallest absolute Gasteiger partial charge is 0.329 e. The van der Waals surface area contributed by atoms with E-state index in [1.807, 2.05) is 0 Å². The summed E-state index contributed by atoms with van der Waals surface area (Å²) in [6.45, 7) is 0. The highest BCUT2D eigenvalue weighted by atomic mass is 35.5. The van der Waals surface area contributed by atoms with Gasteiger partial charge >= 0.3 is 5.69 Å². The Morgan fingerprint density at radius 1 is 1.53 bits per heavy atom. The van der Waals surface area contributed by atoms with Crippen LogP contribution in [0.3, 0.4) is 0 Å². The molecule has 6 nitrogen and oxygen atoms in total. The Hall–Kier alpha value is -1.08. The summed E-state index contributed by atoms with van der Waals surface area (Å²) in [7, 11) is 0. The van der Waals surface area contributed by atoms with Crippen LogP contribution in [-0.2, 0) is 0 Å². The minimum atomic E-state index is -0.490. The normalized spacial score (nSPS) is 23.1. The van der Waals surface area contributed by atoms with Gasteiger partial charge in [0.1, 0.15) is 6.20 Å². The maximum atomic E-state index is 11.0. The third-order valence-electron chi connectivity index (χ3n) is 3.26. The molecule has 0 aliphatic heterocycles. The molecule has 1 heterocycles. The van der Waals surface area contributed by atoms with E-state index < -0.39 is 4.92 Å². The van der Waals surface area contributed by atoms with Gasteiger partial charge in [-0.25, -0.2) is 4.98 Å². The Kier molecular flexibility index (Phi) is 4.81. The van der Waals surface area contributed by atoms with Crippen LogP contribution in [0.25, 0.3) is 0 Å². The van der Waals surface area contributed by atoms with E-state index in [1.54, 1.807) is 11.8 Å². The number of rotatable bonds is 4. The zero-order valence-corrected chi connectivity index (χ0v) is 12.1. The molecular formula is C11H15ClN4O2S. The summed E-state index contributed by atoms with van der Waals surface area (Å²) in [5.74, 6) is 0.218. The van der Waals surface area contributed by atoms with Gasteiger partial charge in [0.15, 0.2) is 0 Å². The summed E-state index contributed by atoms with van der Waals surface area (Å²) in [5.41, 5.74) is -0.130. The molecule has 104 valence electrons. The van der Waals surface area contributed by atoms with E-state index in [-0.39, 0.29) is 22.8 Å². The van der Waals surface area contributed by atoms with Crippen LogP contribution >= 0.6 is 23.4 Å². The molecule has 8 heteroatoms. The second-order valence-electron chi connectivity index (χ2n) is 4.44. The first-order chi connectivity index (χ1) is 9.11. The molecule has 2 unspecified atom stereocenters. The Balaban J connectivity index is 2.21. The van der Waals surface area contributed by atoms with Crippen molar-refractivity contribution in [2.75, 3.05) is 11.6 Å². The maximum absolute atomic E-state index is 11.0. The zero-order valence-electron chi connectivity index (χ0n) is 10.5. The van der Waals surface area contributed by atoms with E-state index in [0.717, 1.165) is 25.5 Å². The van der Waals surface area contributed by atoms with Gasteiger partial charge in [-0.05, 0) is 30.7 Å². The molecule has 2 rings (SSSR count). The highest BCUT2D eigenvalue weighted by Crippen LogP contribution is 2.31. The molecule has 0 bridgehead atoms. The lowest BCUT2D eigenvalue weighted by Crippen LogP contribution is -2.34. The predicted molar refractivity (Wildman–Crippen MR) is 76.9 cm³/mol. The largest absolute Gasteiger partial charge is 0.360 e. The van der Waals surface area contributed by atoms with Gasteiger partial charge in [0.05, 0.1) is 4.92 Å². The molecule has 1 aromatic heterocycles. The lowest BCUT2D eigenvalue weighted by Gasteiger charge is -2.31. The van der Waals surface area contributed by atoms with Crippen LogP contribution in [0.15, 0.2) is 6.20 Å². The number of nitrogens with zero attached hydrogens (tertiary/aromatic N) is 3. The van der Waals surface area contributed by atoms with Gasteiger partial charge in [-0.1, -0.05) is 12.8 Å². The van der Waals surface area contributed by atoms with E-state index in [0.29, 0.717) is 5.25 Å². The molecular weight excluding hydrogens is 288 g/mol. The molecule has 0 spiro atoms. The van der Waals surface area contributed by atoms with Crippen LogP contribution in [-0.4, -0.2) is 32.4 Å². The van der Waals surface area contributed by atoms with Crippen LogP contribution < -0.4 is 5.32 Å². The molecule has 0 saturated heterocycles. The van der Waals surface area contributed by atoms with Gasteiger partial charge < -0.3 is 5.32 Å². The van der Waals surface area contributed by atoms with Crippen LogP contribution in [0.4, 0.5) is 11.5 Å². The van der Waals surface area contributed by atoms with Gasteiger partial charge in [-0.2, -0.15) is 16.7 Å². The van der Waals surface area contributed by atoms with E-state index in [4.69, 9.17) is 11.6 Å². The standard InChI is InChI=1S/C11H15ClN4O2S/c1-19-9-5-3-2-4-7(9)14-10-8(16(17)18)6-13-11(12)15-10/h6-7,9H,2-5H2,1H3,(H,13,14,15). The Morgan fingerprint density at radius 2 is 2.26 bits per heavy atom.